The van der Waals surface area contributed by atoms with Crippen molar-refractivity contribution in [3.63, 3.8) is 0 Å². The molecule has 0 N–H and O–H groups in total. The zero-order valence-electron chi connectivity index (χ0n) is 18.9. The van der Waals surface area contributed by atoms with Gasteiger partial charge in [-0.25, -0.2) is 4.98 Å². The van der Waals surface area contributed by atoms with Gasteiger partial charge in [0.1, 0.15) is 5.82 Å². The SMILES string of the molecule is Cc1nccn1Cc1cccc(C(=O)N2CCOCC(Cc3cccc4cccnc34)C2)c1. The molecule has 1 amide bonds. The second-order valence-electron chi connectivity index (χ2n) is 8.69. The molecule has 168 valence electrons. The Hall–Kier alpha value is -3.51. The predicted molar refractivity (Wildman–Crippen MR) is 128 cm³/mol. The summed E-state index contributed by atoms with van der Waals surface area (Å²) in [6.07, 6.45) is 6.43. The number of fused-ring (bicyclic) bond motifs is 1. The first-order valence-electron chi connectivity index (χ1n) is 11.4. The van der Waals surface area contributed by atoms with Crippen LogP contribution in [0, 0.1) is 12.8 Å². The van der Waals surface area contributed by atoms with E-state index in [-0.39, 0.29) is 11.8 Å². The van der Waals surface area contributed by atoms with Crippen LogP contribution in [0.25, 0.3) is 10.9 Å². The van der Waals surface area contributed by atoms with Gasteiger partial charge in [-0.05, 0) is 42.7 Å². The van der Waals surface area contributed by atoms with Crippen molar-refractivity contribution in [2.45, 2.75) is 19.9 Å². The minimum absolute atomic E-state index is 0.0609. The van der Waals surface area contributed by atoms with E-state index in [2.05, 4.69) is 44.9 Å². The Morgan fingerprint density at radius 2 is 1.97 bits per heavy atom. The number of pyridine rings is 1. The molecule has 0 bridgehead atoms. The molecule has 1 aliphatic rings. The summed E-state index contributed by atoms with van der Waals surface area (Å²) in [5, 5.41) is 1.14. The Kier molecular flexibility index (Phi) is 6.17. The fraction of sp³-hybridized carbons (Fsp3) is 0.296. The van der Waals surface area contributed by atoms with Gasteiger partial charge in [-0.1, -0.05) is 36.4 Å². The first-order chi connectivity index (χ1) is 16.2. The highest BCUT2D eigenvalue weighted by Crippen LogP contribution is 2.22. The van der Waals surface area contributed by atoms with Gasteiger partial charge in [0, 0.05) is 55.1 Å². The topological polar surface area (TPSA) is 60.2 Å². The lowest BCUT2D eigenvalue weighted by Gasteiger charge is -2.24. The van der Waals surface area contributed by atoms with E-state index in [0.29, 0.717) is 32.8 Å². The highest BCUT2D eigenvalue weighted by Gasteiger charge is 2.24. The van der Waals surface area contributed by atoms with Gasteiger partial charge in [0.05, 0.1) is 18.7 Å². The van der Waals surface area contributed by atoms with E-state index in [1.165, 1.54) is 5.56 Å². The van der Waals surface area contributed by atoms with Crippen LogP contribution in [0.15, 0.2) is 73.2 Å². The number of para-hydroxylation sites is 1. The normalized spacial score (nSPS) is 16.6. The quantitative estimate of drug-likeness (QED) is 0.468. The van der Waals surface area contributed by atoms with E-state index < -0.39 is 0 Å². The number of amides is 1. The van der Waals surface area contributed by atoms with Gasteiger partial charge < -0.3 is 14.2 Å². The molecule has 1 fully saturated rings. The van der Waals surface area contributed by atoms with Crippen LogP contribution in [0.3, 0.4) is 0 Å². The fourth-order valence-corrected chi connectivity index (χ4v) is 4.58. The lowest BCUT2D eigenvalue weighted by Crippen LogP contribution is -2.36. The molecule has 2 aromatic heterocycles. The smallest absolute Gasteiger partial charge is 0.253 e. The zero-order chi connectivity index (χ0) is 22.6. The number of rotatable bonds is 5. The zero-order valence-corrected chi connectivity index (χ0v) is 18.9. The Labute approximate surface area is 193 Å². The molecule has 0 radical (unpaired) electrons. The van der Waals surface area contributed by atoms with Crippen LogP contribution in [0.4, 0.5) is 0 Å². The highest BCUT2D eigenvalue weighted by molar-refractivity contribution is 5.94. The Balaban J connectivity index is 1.32. The van der Waals surface area contributed by atoms with Gasteiger partial charge >= 0.3 is 0 Å². The number of carbonyl (C=O) groups is 1. The molecular formula is C27H28N4O2. The van der Waals surface area contributed by atoms with Crippen molar-refractivity contribution in [1.82, 2.24) is 19.4 Å². The second kappa shape index (κ2) is 9.55. The lowest BCUT2D eigenvalue weighted by molar-refractivity contribution is 0.0737. The molecule has 2 aromatic carbocycles. The predicted octanol–water partition coefficient (Wildman–Crippen LogP) is 4.12. The van der Waals surface area contributed by atoms with Crippen molar-refractivity contribution >= 4 is 16.8 Å². The van der Waals surface area contributed by atoms with Crippen molar-refractivity contribution in [3.05, 3.63) is 95.7 Å². The molecule has 1 saturated heterocycles. The van der Waals surface area contributed by atoms with Crippen LogP contribution in [-0.2, 0) is 17.7 Å². The maximum absolute atomic E-state index is 13.4. The molecule has 6 heteroatoms. The van der Waals surface area contributed by atoms with E-state index in [9.17, 15) is 4.79 Å². The summed E-state index contributed by atoms with van der Waals surface area (Å²) in [4.78, 5) is 24.2. The average Bonchev–Trinajstić information content (AvgIpc) is 3.10. The number of ether oxygens (including phenoxy) is 1. The molecule has 0 aliphatic carbocycles. The summed E-state index contributed by atoms with van der Waals surface area (Å²) in [7, 11) is 0. The summed E-state index contributed by atoms with van der Waals surface area (Å²) < 4.78 is 7.97. The first-order valence-corrected chi connectivity index (χ1v) is 11.4. The summed E-state index contributed by atoms with van der Waals surface area (Å²) >= 11 is 0. The standard InChI is InChI=1S/C27H28N4O2/c1-20-28-11-12-30(20)17-21-5-2-8-25(15-21)27(32)31-13-14-33-19-22(18-31)16-24-7-3-6-23-9-4-10-29-26(23)24/h2-12,15,22H,13-14,16-19H2,1H3. The van der Waals surface area contributed by atoms with Crippen LogP contribution >= 0.6 is 0 Å². The molecule has 3 heterocycles. The van der Waals surface area contributed by atoms with Gasteiger partial charge in [0.2, 0.25) is 0 Å². The number of nitrogens with zero attached hydrogens (tertiary/aromatic N) is 4. The Morgan fingerprint density at radius 1 is 1.09 bits per heavy atom. The summed E-state index contributed by atoms with van der Waals surface area (Å²) in [5.74, 6) is 1.24. The van der Waals surface area contributed by atoms with Crippen molar-refractivity contribution in [2.24, 2.45) is 5.92 Å². The van der Waals surface area contributed by atoms with Crippen LogP contribution in [-0.4, -0.2) is 51.6 Å². The fourth-order valence-electron chi connectivity index (χ4n) is 4.58. The molecule has 5 rings (SSSR count). The number of aryl methyl sites for hydroxylation is 1. The van der Waals surface area contributed by atoms with E-state index in [1.54, 1.807) is 6.20 Å². The Morgan fingerprint density at radius 3 is 2.85 bits per heavy atom. The summed E-state index contributed by atoms with van der Waals surface area (Å²) in [6.45, 7) is 5.17. The minimum atomic E-state index is 0.0609. The maximum Gasteiger partial charge on any atom is 0.253 e. The van der Waals surface area contributed by atoms with Crippen molar-refractivity contribution < 1.29 is 9.53 Å². The highest BCUT2D eigenvalue weighted by atomic mass is 16.5. The number of hydrogen-bond donors (Lipinski definition) is 0. The summed E-state index contributed by atoms with van der Waals surface area (Å²) in [5.41, 5.74) is 4.04. The third-order valence-electron chi connectivity index (χ3n) is 6.30. The maximum atomic E-state index is 13.4. The molecule has 0 saturated carbocycles. The van der Waals surface area contributed by atoms with Crippen molar-refractivity contribution in [1.29, 1.82) is 0 Å². The van der Waals surface area contributed by atoms with Gasteiger partial charge in [0.15, 0.2) is 0 Å². The largest absolute Gasteiger partial charge is 0.379 e. The molecule has 1 unspecified atom stereocenters. The van der Waals surface area contributed by atoms with E-state index >= 15 is 0 Å². The van der Waals surface area contributed by atoms with E-state index in [4.69, 9.17) is 4.74 Å². The van der Waals surface area contributed by atoms with Crippen LogP contribution in [0.2, 0.25) is 0 Å². The first kappa shape index (κ1) is 21.3. The molecule has 1 atom stereocenters. The third-order valence-corrected chi connectivity index (χ3v) is 6.30. The number of benzene rings is 2. The van der Waals surface area contributed by atoms with Crippen LogP contribution in [0.5, 0.6) is 0 Å². The summed E-state index contributed by atoms with van der Waals surface area (Å²) in [6, 6.07) is 18.3. The van der Waals surface area contributed by atoms with Gasteiger partial charge in [-0.2, -0.15) is 0 Å². The average molecular weight is 441 g/mol. The van der Waals surface area contributed by atoms with Gasteiger partial charge in [0.25, 0.3) is 5.91 Å². The molecule has 6 nitrogen and oxygen atoms in total. The van der Waals surface area contributed by atoms with Crippen molar-refractivity contribution in [3.8, 4) is 0 Å². The monoisotopic (exact) mass is 440 g/mol. The molecule has 33 heavy (non-hydrogen) atoms. The molecular weight excluding hydrogens is 412 g/mol. The lowest BCUT2D eigenvalue weighted by atomic mass is 9.97. The third kappa shape index (κ3) is 4.81. The number of aromatic nitrogens is 3. The molecule has 1 aliphatic heterocycles. The number of imidazole rings is 1. The van der Waals surface area contributed by atoms with Crippen molar-refractivity contribution in [2.75, 3.05) is 26.3 Å². The van der Waals surface area contributed by atoms with Gasteiger partial charge in [-0.3, -0.25) is 9.78 Å². The minimum Gasteiger partial charge on any atom is -0.379 e. The second-order valence-corrected chi connectivity index (χ2v) is 8.69. The molecule has 0 spiro atoms. The van der Waals surface area contributed by atoms with E-state index in [0.717, 1.165) is 34.3 Å². The van der Waals surface area contributed by atoms with Crippen LogP contribution in [0.1, 0.15) is 27.3 Å². The van der Waals surface area contributed by atoms with E-state index in [1.807, 2.05) is 48.5 Å². The number of carbonyl (C=O) groups excluding carboxylic acids is 1. The molecule has 4 aromatic rings. The Bertz CT molecular complexity index is 1260. The number of hydrogen-bond acceptors (Lipinski definition) is 4. The van der Waals surface area contributed by atoms with Gasteiger partial charge in [-0.15, -0.1) is 0 Å². The van der Waals surface area contributed by atoms with Crippen LogP contribution < -0.4 is 0 Å².